The molecule has 0 bridgehead atoms. The Bertz CT molecular complexity index is 998. The van der Waals surface area contributed by atoms with E-state index in [1.54, 1.807) is 26.3 Å². The highest BCUT2D eigenvalue weighted by molar-refractivity contribution is 7.89. The summed E-state index contributed by atoms with van der Waals surface area (Å²) >= 11 is 0. The van der Waals surface area contributed by atoms with E-state index < -0.39 is 10.0 Å². The molecule has 0 atom stereocenters. The zero-order chi connectivity index (χ0) is 22.4. The minimum atomic E-state index is -3.41. The first-order chi connectivity index (χ1) is 14.8. The summed E-state index contributed by atoms with van der Waals surface area (Å²) in [6, 6.07) is 15.1. The third kappa shape index (κ3) is 5.48. The molecule has 0 spiro atoms. The van der Waals surface area contributed by atoms with Crippen LogP contribution in [0.2, 0.25) is 0 Å². The molecule has 0 aromatic heterocycles. The standard InChI is InChI=1S/C22H31N5O3S/c1-23-22(24-17-18-8-10-21(11-9-18)31(28,29)25(2)3)27-14-12-26(13-15-27)19-6-5-7-20(16-19)30-4/h5-11,16H,12-15,17H2,1-4H3,(H,23,24). The Morgan fingerprint density at radius 3 is 2.35 bits per heavy atom. The van der Waals surface area contributed by atoms with Crippen LogP contribution in [0.1, 0.15) is 5.56 Å². The van der Waals surface area contributed by atoms with E-state index >= 15 is 0 Å². The molecule has 0 saturated carbocycles. The monoisotopic (exact) mass is 445 g/mol. The van der Waals surface area contributed by atoms with Gasteiger partial charge in [-0.05, 0) is 29.8 Å². The molecule has 0 amide bonds. The zero-order valence-corrected chi connectivity index (χ0v) is 19.4. The van der Waals surface area contributed by atoms with Crippen LogP contribution in [0.4, 0.5) is 5.69 Å². The summed E-state index contributed by atoms with van der Waals surface area (Å²) in [7, 11) is 3.11. The molecule has 1 saturated heterocycles. The van der Waals surface area contributed by atoms with Gasteiger partial charge in [-0.15, -0.1) is 0 Å². The molecule has 1 N–H and O–H groups in total. The normalized spacial score (nSPS) is 15.3. The van der Waals surface area contributed by atoms with Gasteiger partial charge in [-0.2, -0.15) is 0 Å². The van der Waals surface area contributed by atoms with Crippen molar-refractivity contribution in [2.45, 2.75) is 11.4 Å². The van der Waals surface area contributed by atoms with Gasteiger partial charge in [0.1, 0.15) is 5.75 Å². The predicted molar refractivity (Wildman–Crippen MR) is 124 cm³/mol. The van der Waals surface area contributed by atoms with E-state index in [1.165, 1.54) is 18.4 Å². The van der Waals surface area contributed by atoms with Crippen molar-refractivity contribution in [3.8, 4) is 5.75 Å². The van der Waals surface area contributed by atoms with Crippen LogP contribution in [0.15, 0.2) is 58.4 Å². The van der Waals surface area contributed by atoms with Crippen LogP contribution in [-0.2, 0) is 16.6 Å². The third-order valence-corrected chi connectivity index (χ3v) is 7.19. The van der Waals surface area contributed by atoms with Crippen molar-refractivity contribution < 1.29 is 13.2 Å². The Labute approximate surface area is 185 Å². The number of sulfonamides is 1. The van der Waals surface area contributed by atoms with Gasteiger partial charge in [0.25, 0.3) is 0 Å². The molecule has 3 rings (SSSR count). The average molecular weight is 446 g/mol. The van der Waals surface area contributed by atoms with Gasteiger partial charge in [-0.25, -0.2) is 12.7 Å². The predicted octanol–water partition coefficient (Wildman–Crippen LogP) is 1.84. The van der Waals surface area contributed by atoms with Crippen LogP contribution in [0, 0.1) is 0 Å². The van der Waals surface area contributed by atoms with Gasteiger partial charge in [0.05, 0.1) is 12.0 Å². The third-order valence-electron chi connectivity index (χ3n) is 5.36. The second kappa shape index (κ2) is 10.0. The number of nitrogens with one attached hydrogen (secondary N) is 1. The van der Waals surface area contributed by atoms with Gasteiger partial charge >= 0.3 is 0 Å². The molecular weight excluding hydrogens is 414 g/mol. The number of anilines is 1. The van der Waals surface area contributed by atoms with Crippen molar-refractivity contribution in [2.75, 3.05) is 59.3 Å². The van der Waals surface area contributed by atoms with Crippen molar-refractivity contribution in [1.82, 2.24) is 14.5 Å². The summed E-state index contributed by atoms with van der Waals surface area (Å²) in [4.78, 5) is 9.29. The zero-order valence-electron chi connectivity index (χ0n) is 18.6. The van der Waals surface area contributed by atoms with Crippen LogP contribution in [0.3, 0.4) is 0 Å². The Balaban J connectivity index is 1.55. The lowest BCUT2D eigenvalue weighted by Gasteiger charge is -2.37. The summed E-state index contributed by atoms with van der Waals surface area (Å²) in [5, 5.41) is 3.39. The fraction of sp³-hybridized carbons (Fsp3) is 0.409. The van der Waals surface area contributed by atoms with E-state index in [9.17, 15) is 8.42 Å². The fourth-order valence-electron chi connectivity index (χ4n) is 3.49. The topological polar surface area (TPSA) is 77.5 Å². The average Bonchev–Trinajstić information content (AvgIpc) is 2.80. The Morgan fingerprint density at radius 1 is 1.10 bits per heavy atom. The van der Waals surface area contributed by atoms with Crippen LogP contribution in [0.25, 0.3) is 0 Å². The lowest BCUT2D eigenvalue weighted by atomic mass is 10.2. The number of ether oxygens (including phenoxy) is 1. The highest BCUT2D eigenvalue weighted by Gasteiger charge is 2.20. The lowest BCUT2D eigenvalue weighted by Crippen LogP contribution is -2.52. The first kappa shape index (κ1) is 22.9. The van der Waals surface area contributed by atoms with E-state index in [1.807, 2.05) is 24.3 Å². The minimum Gasteiger partial charge on any atom is -0.497 e. The molecule has 8 nitrogen and oxygen atoms in total. The van der Waals surface area contributed by atoms with Gasteiger partial charge in [0.2, 0.25) is 10.0 Å². The molecule has 1 aliphatic rings. The van der Waals surface area contributed by atoms with Crippen molar-refractivity contribution in [3.63, 3.8) is 0 Å². The summed E-state index contributed by atoms with van der Waals surface area (Å²) < 4.78 is 30.9. The second-order valence-corrected chi connectivity index (χ2v) is 9.66. The van der Waals surface area contributed by atoms with E-state index in [4.69, 9.17) is 4.74 Å². The lowest BCUT2D eigenvalue weighted by molar-refractivity contribution is 0.372. The van der Waals surface area contributed by atoms with Crippen molar-refractivity contribution in [2.24, 2.45) is 4.99 Å². The van der Waals surface area contributed by atoms with Crippen molar-refractivity contribution >= 4 is 21.7 Å². The molecule has 2 aromatic carbocycles. The number of aliphatic imine (C=N–C) groups is 1. The second-order valence-electron chi connectivity index (χ2n) is 7.51. The van der Waals surface area contributed by atoms with E-state index in [-0.39, 0.29) is 0 Å². The quantitative estimate of drug-likeness (QED) is 0.540. The van der Waals surface area contributed by atoms with Crippen molar-refractivity contribution in [1.29, 1.82) is 0 Å². The number of guanidine groups is 1. The molecule has 0 radical (unpaired) electrons. The number of nitrogens with zero attached hydrogens (tertiary/aromatic N) is 4. The summed E-state index contributed by atoms with van der Waals surface area (Å²) in [6.45, 7) is 4.08. The number of hydrogen-bond donors (Lipinski definition) is 1. The van der Waals surface area contributed by atoms with Gasteiger partial charge in [0, 0.05) is 65.6 Å². The fourth-order valence-corrected chi connectivity index (χ4v) is 4.39. The first-order valence-electron chi connectivity index (χ1n) is 10.2. The largest absolute Gasteiger partial charge is 0.497 e. The Morgan fingerprint density at radius 2 is 1.77 bits per heavy atom. The van der Waals surface area contributed by atoms with Gasteiger partial charge in [0.15, 0.2) is 5.96 Å². The van der Waals surface area contributed by atoms with E-state index in [0.717, 1.165) is 49.1 Å². The smallest absolute Gasteiger partial charge is 0.242 e. The number of rotatable bonds is 6. The van der Waals surface area contributed by atoms with E-state index in [2.05, 4.69) is 32.2 Å². The highest BCUT2D eigenvalue weighted by Crippen LogP contribution is 2.22. The van der Waals surface area contributed by atoms with Gasteiger partial charge in [-0.1, -0.05) is 18.2 Å². The molecule has 0 aliphatic carbocycles. The molecule has 1 fully saturated rings. The number of piperazine rings is 1. The molecule has 1 aliphatic heterocycles. The SMILES string of the molecule is CN=C(NCc1ccc(S(=O)(=O)N(C)C)cc1)N1CCN(c2cccc(OC)c2)CC1. The molecule has 168 valence electrons. The number of hydrogen-bond acceptors (Lipinski definition) is 5. The Hall–Kier alpha value is -2.78. The minimum absolute atomic E-state index is 0.291. The number of methoxy groups -OCH3 is 1. The molecule has 2 aromatic rings. The molecule has 9 heteroatoms. The van der Waals surface area contributed by atoms with Crippen LogP contribution in [0.5, 0.6) is 5.75 Å². The van der Waals surface area contributed by atoms with E-state index in [0.29, 0.717) is 11.4 Å². The molecule has 31 heavy (non-hydrogen) atoms. The van der Waals surface area contributed by atoms with Crippen molar-refractivity contribution in [3.05, 3.63) is 54.1 Å². The van der Waals surface area contributed by atoms with Gasteiger partial charge < -0.3 is 19.9 Å². The van der Waals surface area contributed by atoms with Crippen LogP contribution < -0.4 is 15.0 Å². The molecule has 0 unspecified atom stereocenters. The highest BCUT2D eigenvalue weighted by atomic mass is 32.2. The summed E-state index contributed by atoms with van der Waals surface area (Å²) in [5.41, 5.74) is 2.16. The maximum atomic E-state index is 12.2. The molecular formula is C22H31N5O3S. The number of benzene rings is 2. The Kier molecular flexibility index (Phi) is 7.40. The van der Waals surface area contributed by atoms with Gasteiger partial charge in [-0.3, -0.25) is 4.99 Å². The first-order valence-corrected chi connectivity index (χ1v) is 11.6. The molecule has 1 heterocycles. The van der Waals surface area contributed by atoms with Crippen LogP contribution >= 0.6 is 0 Å². The summed E-state index contributed by atoms with van der Waals surface area (Å²) in [6.07, 6.45) is 0. The van der Waals surface area contributed by atoms with Crippen LogP contribution in [-0.4, -0.2) is 78.0 Å². The maximum absolute atomic E-state index is 12.2. The summed E-state index contributed by atoms with van der Waals surface area (Å²) in [5.74, 6) is 1.71. The maximum Gasteiger partial charge on any atom is 0.242 e.